The van der Waals surface area contributed by atoms with E-state index in [2.05, 4.69) is 30.3 Å². The summed E-state index contributed by atoms with van der Waals surface area (Å²) in [7, 11) is 1.55. The third kappa shape index (κ3) is 3.86. The largest absolute Gasteiger partial charge is 0.490 e. The molecule has 0 saturated heterocycles. The van der Waals surface area contributed by atoms with Gasteiger partial charge in [0, 0.05) is 55.0 Å². The van der Waals surface area contributed by atoms with E-state index in [0.717, 1.165) is 40.0 Å². The number of hydrogen-bond acceptors (Lipinski definition) is 5. The molecule has 7 nitrogen and oxygen atoms in total. The molecular weight excluding hydrogens is 426 g/mol. The zero-order chi connectivity index (χ0) is 22.1. The van der Waals surface area contributed by atoms with Gasteiger partial charge in [0.05, 0.1) is 24.2 Å². The zero-order valence-electron chi connectivity index (χ0n) is 17.5. The molecule has 0 amide bonds. The fourth-order valence-electron chi connectivity index (χ4n) is 4.00. The number of aromatic nitrogens is 3. The van der Waals surface area contributed by atoms with Gasteiger partial charge in [-0.15, -0.1) is 0 Å². The highest BCUT2D eigenvalue weighted by Gasteiger charge is 2.20. The van der Waals surface area contributed by atoms with Crippen molar-refractivity contribution in [3.05, 3.63) is 82.6 Å². The summed E-state index contributed by atoms with van der Waals surface area (Å²) in [6, 6.07) is 12.1. The van der Waals surface area contributed by atoms with Crippen LogP contribution in [0.3, 0.4) is 0 Å². The van der Waals surface area contributed by atoms with Crippen molar-refractivity contribution < 1.29 is 9.47 Å². The summed E-state index contributed by atoms with van der Waals surface area (Å²) in [6.45, 7) is 9.93. The van der Waals surface area contributed by atoms with E-state index in [-0.39, 0.29) is 0 Å². The average Bonchev–Trinajstić information content (AvgIpc) is 3.13. The fourth-order valence-corrected chi connectivity index (χ4v) is 4.28. The zero-order valence-corrected chi connectivity index (χ0v) is 18.2. The smallest absolute Gasteiger partial charge is 0.316 e. The molecule has 2 aromatic carbocycles. The second-order valence-electron chi connectivity index (χ2n) is 7.59. The monoisotopic (exact) mass is 445 g/mol. The number of halogens is 1. The highest BCUT2D eigenvalue weighted by Crippen LogP contribution is 2.36. The molecule has 4 aromatic rings. The average molecular weight is 446 g/mol. The lowest BCUT2D eigenvalue weighted by Gasteiger charge is -2.19. The Kier molecular flexibility index (Phi) is 5.39. The molecule has 0 spiro atoms. The van der Waals surface area contributed by atoms with Gasteiger partial charge in [0.25, 0.3) is 0 Å². The molecule has 32 heavy (non-hydrogen) atoms. The summed E-state index contributed by atoms with van der Waals surface area (Å²) in [4.78, 5) is 14.2. The van der Waals surface area contributed by atoms with Gasteiger partial charge in [-0.05, 0) is 35.7 Å². The van der Waals surface area contributed by atoms with E-state index in [1.54, 1.807) is 19.5 Å². The van der Waals surface area contributed by atoms with Crippen LogP contribution in [0, 0.1) is 6.57 Å². The minimum Gasteiger partial charge on any atom is -0.490 e. The van der Waals surface area contributed by atoms with Gasteiger partial charge in [0.1, 0.15) is 12.4 Å². The minimum atomic E-state index is 0.359. The van der Waals surface area contributed by atoms with Crippen LogP contribution in [0.1, 0.15) is 11.1 Å². The van der Waals surface area contributed by atoms with Gasteiger partial charge < -0.3 is 14.0 Å². The molecule has 1 aliphatic rings. The van der Waals surface area contributed by atoms with Gasteiger partial charge >= 0.3 is 6.01 Å². The van der Waals surface area contributed by atoms with Crippen molar-refractivity contribution in [1.29, 1.82) is 0 Å². The highest BCUT2D eigenvalue weighted by atomic mass is 35.5. The molecule has 0 radical (unpaired) electrons. The predicted octanol–water partition coefficient (Wildman–Crippen LogP) is 5.03. The Morgan fingerprint density at radius 2 is 2.03 bits per heavy atom. The van der Waals surface area contributed by atoms with E-state index < -0.39 is 0 Å². The molecule has 1 aliphatic heterocycles. The number of methoxy groups -OCH3 is 1. The lowest BCUT2D eigenvalue weighted by Crippen LogP contribution is -2.25. The van der Waals surface area contributed by atoms with Crippen molar-refractivity contribution in [3.8, 4) is 17.4 Å². The number of fused-ring (bicyclic) bond motifs is 2. The number of nitrogens with zero attached hydrogens (tertiary/aromatic N) is 5. The van der Waals surface area contributed by atoms with Crippen LogP contribution in [0.25, 0.3) is 21.4 Å². The number of ether oxygens (including phenoxy) is 2. The summed E-state index contributed by atoms with van der Waals surface area (Å²) in [5.74, 6) is 0.732. The normalized spacial score (nSPS) is 13.8. The molecule has 0 saturated carbocycles. The molecule has 0 N–H and O–H groups in total. The van der Waals surface area contributed by atoms with E-state index in [4.69, 9.17) is 27.6 Å². The van der Waals surface area contributed by atoms with Crippen LogP contribution in [0.2, 0.25) is 5.02 Å². The van der Waals surface area contributed by atoms with Gasteiger partial charge in [0.2, 0.25) is 0 Å². The van der Waals surface area contributed by atoms with Crippen molar-refractivity contribution in [1.82, 2.24) is 19.4 Å². The van der Waals surface area contributed by atoms with Crippen LogP contribution in [-0.2, 0) is 13.1 Å². The van der Waals surface area contributed by atoms with Gasteiger partial charge in [-0.25, -0.2) is 14.8 Å². The predicted molar refractivity (Wildman–Crippen MR) is 123 cm³/mol. The fraction of sp³-hybridized carbons (Fsp3) is 0.208. The van der Waals surface area contributed by atoms with E-state index in [0.29, 0.717) is 36.4 Å². The van der Waals surface area contributed by atoms with Crippen LogP contribution < -0.4 is 9.47 Å². The highest BCUT2D eigenvalue weighted by molar-refractivity contribution is 6.32. The standard InChI is InChI=1S/C24H20ClN5O2/c1-26-19-3-4-22-17(9-19)5-6-30(22)20-10-18-15-29(7-8-32-23(18)21(25)11-20)14-16-12-27-24(31-2)28-13-16/h3-6,9-13H,7-8,14-15H2,2H3. The molecule has 0 atom stereocenters. The van der Waals surface area contributed by atoms with E-state index in [9.17, 15) is 0 Å². The Bertz CT molecular complexity index is 1330. The van der Waals surface area contributed by atoms with E-state index in [1.807, 2.05) is 36.5 Å². The maximum atomic E-state index is 7.23. The SMILES string of the molecule is [C-]#[N+]c1ccc2c(ccn2-c2cc(Cl)c3c(c2)CN(Cc2cnc(OC)nc2)CCO3)c1. The van der Waals surface area contributed by atoms with Gasteiger partial charge in [0.15, 0.2) is 5.69 Å². The van der Waals surface area contributed by atoms with Crippen LogP contribution in [0.4, 0.5) is 5.69 Å². The Morgan fingerprint density at radius 3 is 2.81 bits per heavy atom. The Labute approximate surface area is 190 Å². The maximum Gasteiger partial charge on any atom is 0.316 e. The second kappa shape index (κ2) is 8.50. The molecular formula is C24H20ClN5O2. The van der Waals surface area contributed by atoms with Gasteiger partial charge in [-0.1, -0.05) is 17.7 Å². The van der Waals surface area contributed by atoms with Crippen LogP contribution in [-0.4, -0.2) is 39.7 Å². The first kappa shape index (κ1) is 20.3. The molecule has 2 aromatic heterocycles. The third-order valence-corrected chi connectivity index (χ3v) is 5.79. The van der Waals surface area contributed by atoms with E-state index >= 15 is 0 Å². The number of hydrogen-bond donors (Lipinski definition) is 0. The van der Waals surface area contributed by atoms with Crippen LogP contribution in [0.15, 0.2) is 55.0 Å². The number of rotatable bonds is 4. The minimum absolute atomic E-state index is 0.359. The molecule has 8 heteroatoms. The molecule has 0 fully saturated rings. The van der Waals surface area contributed by atoms with Gasteiger partial charge in [-0.2, -0.15) is 0 Å². The quantitative estimate of drug-likeness (QED) is 0.412. The topological polar surface area (TPSA) is 56.8 Å². The maximum absolute atomic E-state index is 7.23. The molecule has 0 aliphatic carbocycles. The Hall–Kier alpha value is -3.60. The molecule has 3 heterocycles. The summed E-state index contributed by atoms with van der Waals surface area (Å²) >= 11 is 6.65. The second-order valence-corrected chi connectivity index (χ2v) is 8.00. The van der Waals surface area contributed by atoms with Crippen molar-refractivity contribution >= 4 is 28.2 Å². The Morgan fingerprint density at radius 1 is 1.19 bits per heavy atom. The molecule has 160 valence electrons. The summed E-state index contributed by atoms with van der Waals surface area (Å²) in [5, 5.41) is 1.61. The molecule has 0 unspecified atom stereocenters. The van der Waals surface area contributed by atoms with Crippen LogP contribution in [0.5, 0.6) is 11.8 Å². The first-order valence-electron chi connectivity index (χ1n) is 10.2. The summed E-state index contributed by atoms with van der Waals surface area (Å²) < 4.78 is 13.1. The van der Waals surface area contributed by atoms with Crippen molar-refractivity contribution in [3.63, 3.8) is 0 Å². The number of benzene rings is 2. The van der Waals surface area contributed by atoms with E-state index in [1.165, 1.54) is 0 Å². The Balaban J connectivity index is 1.46. The van der Waals surface area contributed by atoms with Crippen LogP contribution >= 0.6 is 11.6 Å². The lowest BCUT2D eigenvalue weighted by molar-refractivity contribution is 0.219. The molecule has 0 bridgehead atoms. The molecule has 5 rings (SSSR count). The first-order chi connectivity index (χ1) is 15.6. The van der Waals surface area contributed by atoms with Crippen molar-refractivity contribution in [2.24, 2.45) is 0 Å². The first-order valence-corrected chi connectivity index (χ1v) is 10.5. The summed E-state index contributed by atoms with van der Waals surface area (Å²) in [5.41, 5.74) is 4.64. The third-order valence-electron chi connectivity index (χ3n) is 5.50. The lowest BCUT2D eigenvalue weighted by atomic mass is 10.1. The summed E-state index contributed by atoms with van der Waals surface area (Å²) in [6.07, 6.45) is 5.57. The van der Waals surface area contributed by atoms with Crippen molar-refractivity contribution in [2.75, 3.05) is 20.3 Å². The van der Waals surface area contributed by atoms with Gasteiger partial charge in [-0.3, -0.25) is 4.90 Å². The van der Waals surface area contributed by atoms with Crippen molar-refractivity contribution in [2.45, 2.75) is 13.1 Å².